The van der Waals surface area contributed by atoms with Gasteiger partial charge < -0.3 is 4.90 Å². The van der Waals surface area contributed by atoms with E-state index in [0.717, 1.165) is 68.0 Å². The number of hydrogen-bond donors (Lipinski definition) is 0. The van der Waals surface area contributed by atoms with Crippen LogP contribution in [0.2, 0.25) is 0 Å². The Kier molecular flexibility index (Phi) is 8.34. The van der Waals surface area contributed by atoms with Crippen molar-refractivity contribution in [2.45, 2.75) is 69.2 Å². The number of piperidine rings is 2. The first kappa shape index (κ1) is 29.5. The molecule has 2 aromatic carbocycles. The van der Waals surface area contributed by atoms with Crippen molar-refractivity contribution in [1.82, 2.24) is 13.6 Å². The lowest BCUT2D eigenvalue weighted by molar-refractivity contribution is 0.119. The van der Waals surface area contributed by atoms with Gasteiger partial charge in [0.05, 0.1) is 10.6 Å². The van der Waals surface area contributed by atoms with Crippen LogP contribution in [0.1, 0.15) is 56.9 Å². The van der Waals surface area contributed by atoms with Crippen molar-refractivity contribution in [1.29, 1.82) is 0 Å². The lowest BCUT2D eigenvalue weighted by atomic mass is 9.71. The third-order valence-corrected chi connectivity index (χ3v) is 13.9. The van der Waals surface area contributed by atoms with Crippen LogP contribution in [0, 0.1) is 12.3 Å². The van der Waals surface area contributed by atoms with E-state index in [1.807, 2.05) is 49.6 Å². The van der Waals surface area contributed by atoms with Crippen LogP contribution in [-0.4, -0.2) is 74.9 Å². The fourth-order valence-corrected chi connectivity index (χ4v) is 10.8. The molecule has 6 rings (SSSR count). The highest BCUT2D eigenvalue weighted by atomic mass is 32.2. The Balaban J connectivity index is 1.03. The third kappa shape index (κ3) is 5.83. The lowest BCUT2D eigenvalue weighted by Gasteiger charge is -2.47. The fourth-order valence-electron chi connectivity index (χ4n) is 7.35. The van der Waals surface area contributed by atoms with Gasteiger partial charge in [-0.05, 0) is 92.9 Å². The maximum atomic E-state index is 13.8. The molecule has 0 saturated carbocycles. The quantitative estimate of drug-likeness (QED) is 0.349. The van der Waals surface area contributed by atoms with Crippen LogP contribution in [-0.2, 0) is 20.0 Å². The number of aromatic nitrogens is 1. The molecule has 1 spiro atoms. The molecule has 1 atom stereocenters. The summed E-state index contributed by atoms with van der Waals surface area (Å²) < 4.78 is 57.6. The summed E-state index contributed by atoms with van der Waals surface area (Å²) in [6.07, 6.45) is 10.3. The Morgan fingerprint density at radius 3 is 2.21 bits per heavy atom. The van der Waals surface area contributed by atoms with Crippen molar-refractivity contribution in [2.24, 2.45) is 5.41 Å². The molecule has 0 bridgehead atoms. The summed E-state index contributed by atoms with van der Waals surface area (Å²) >= 11 is 0. The molecule has 42 heavy (non-hydrogen) atoms. The Hall–Kier alpha value is -2.53. The van der Waals surface area contributed by atoms with Crippen LogP contribution < -0.4 is 4.90 Å². The van der Waals surface area contributed by atoms with Gasteiger partial charge in [-0.15, -0.1) is 0 Å². The van der Waals surface area contributed by atoms with Gasteiger partial charge in [0.15, 0.2) is 0 Å². The molecule has 0 radical (unpaired) electrons. The second-order valence-electron chi connectivity index (χ2n) is 12.4. The van der Waals surface area contributed by atoms with Crippen molar-refractivity contribution in [2.75, 3.05) is 43.4 Å². The summed E-state index contributed by atoms with van der Waals surface area (Å²) in [5.74, 6) is 0.0771. The predicted octanol–water partition coefficient (Wildman–Crippen LogP) is 5.19. The molecule has 1 aromatic heterocycles. The summed E-state index contributed by atoms with van der Waals surface area (Å²) in [5, 5.41) is 1.69. The van der Waals surface area contributed by atoms with Gasteiger partial charge in [-0.1, -0.05) is 30.3 Å². The molecule has 3 aliphatic heterocycles. The van der Waals surface area contributed by atoms with Gasteiger partial charge in [0, 0.05) is 62.2 Å². The van der Waals surface area contributed by atoms with E-state index >= 15 is 0 Å². The maximum Gasteiger partial charge on any atom is 0.243 e. The zero-order valence-corrected chi connectivity index (χ0v) is 26.1. The summed E-state index contributed by atoms with van der Waals surface area (Å²) in [7, 11) is -7.06. The van der Waals surface area contributed by atoms with Gasteiger partial charge in [-0.3, -0.25) is 4.98 Å². The van der Waals surface area contributed by atoms with Crippen molar-refractivity contribution in [3.8, 4) is 0 Å². The number of fused-ring (bicyclic) bond motifs is 1. The van der Waals surface area contributed by atoms with E-state index in [9.17, 15) is 16.8 Å². The smallest absolute Gasteiger partial charge is 0.243 e. The largest absolute Gasteiger partial charge is 0.371 e. The van der Waals surface area contributed by atoms with Crippen LogP contribution >= 0.6 is 0 Å². The Morgan fingerprint density at radius 1 is 0.833 bits per heavy atom. The third-order valence-electron chi connectivity index (χ3n) is 9.98. The van der Waals surface area contributed by atoms with Gasteiger partial charge in [0.25, 0.3) is 0 Å². The van der Waals surface area contributed by atoms with Crippen LogP contribution in [0.25, 0.3) is 10.8 Å². The van der Waals surface area contributed by atoms with E-state index in [2.05, 4.69) is 22.0 Å². The number of pyridine rings is 1. The van der Waals surface area contributed by atoms with Gasteiger partial charge in [0.2, 0.25) is 20.0 Å². The number of hydrogen-bond acceptors (Lipinski definition) is 6. The monoisotopic (exact) mass is 610 g/mol. The molecule has 1 unspecified atom stereocenters. The van der Waals surface area contributed by atoms with E-state index in [1.54, 1.807) is 14.7 Å². The molecule has 0 amide bonds. The molecule has 0 N–H and O–H groups in total. The van der Waals surface area contributed by atoms with Crippen LogP contribution in [0.5, 0.6) is 0 Å². The van der Waals surface area contributed by atoms with Crippen LogP contribution in [0.15, 0.2) is 65.8 Å². The molecule has 4 heterocycles. The number of sulfonamides is 2. The zero-order chi connectivity index (χ0) is 29.4. The van der Waals surface area contributed by atoms with Crippen molar-refractivity contribution in [3.05, 3.63) is 66.5 Å². The van der Waals surface area contributed by atoms with Crippen molar-refractivity contribution in [3.63, 3.8) is 0 Å². The van der Waals surface area contributed by atoms with Gasteiger partial charge in [0.1, 0.15) is 0 Å². The number of nitrogens with zero attached hydrogens (tertiary/aromatic N) is 4. The standard InChI is InChI=1S/C32H42N4O4S2/c1-26-10-11-31(30-9-3-2-8-29(26)30)42(39,40)36-20-4-6-28(36)7-5-25-41(37,38)35-23-16-32(17-24-35)14-21-34(22-15-32)27-12-18-33-19-13-27/h2-3,8-13,18-19,28H,4-7,14-17,20-25H2,1H3. The minimum atomic E-state index is -3.69. The topological polar surface area (TPSA) is 90.9 Å². The van der Waals surface area contributed by atoms with Gasteiger partial charge in [-0.25, -0.2) is 21.1 Å². The summed E-state index contributed by atoms with van der Waals surface area (Å²) in [5.41, 5.74) is 2.49. The second-order valence-corrected chi connectivity index (χ2v) is 16.3. The SMILES string of the molecule is Cc1ccc(S(=O)(=O)N2CCCC2CCCS(=O)(=O)N2CCC3(CCN(c4ccncc4)CC3)CC2)c2ccccc12. The lowest BCUT2D eigenvalue weighted by Crippen LogP contribution is -2.48. The highest BCUT2D eigenvalue weighted by Crippen LogP contribution is 2.42. The minimum absolute atomic E-state index is 0.0771. The minimum Gasteiger partial charge on any atom is -0.371 e. The number of anilines is 1. The van der Waals surface area contributed by atoms with E-state index in [-0.39, 0.29) is 17.2 Å². The first-order chi connectivity index (χ1) is 20.2. The average molecular weight is 611 g/mol. The first-order valence-electron chi connectivity index (χ1n) is 15.3. The van der Waals surface area contributed by atoms with Gasteiger partial charge in [-0.2, -0.15) is 4.31 Å². The molecule has 3 aromatic rings. The molecule has 10 heteroatoms. The Bertz CT molecular complexity index is 1610. The van der Waals surface area contributed by atoms with Crippen molar-refractivity contribution < 1.29 is 16.8 Å². The molecule has 226 valence electrons. The molecule has 0 aliphatic carbocycles. The second kappa shape index (κ2) is 11.9. The Labute approximate surface area is 250 Å². The normalized spacial score (nSPS) is 22.2. The fraction of sp³-hybridized carbons (Fsp3) is 0.531. The molecule has 3 fully saturated rings. The van der Waals surface area contributed by atoms with Crippen molar-refractivity contribution >= 4 is 36.5 Å². The highest BCUT2D eigenvalue weighted by molar-refractivity contribution is 7.89. The Morgan fingerprint density at radius 2 is 1.50 bits per heavy atom. The number of aryl methyl sites for hydroxylation is 1. The van der Waals surface area contributed by atoms with E-state index in [4.69, 9.17) is 0 Å². The number of benzene rings is 2. The molecule has 8 nitrogen and oxygen atoms in total. The van der Waals surface area contributed by atoms with Gasteiger partial charge >= 0.3 is 0 Å². The molecule has 3 aliphatic rings. The summed E-state index contributed by atoms with van der Waals surface area (Å²) in [6, 6.07) is 15.2. The van der Waals surface area contributed by atoms with Crippen LogP contribution in [0.3, 0.4) is 0 Å². The molecule has 3 saturated heterocycles. The average Bonchev–Trinajstić information content (AvgIpc) is 3.48. The first-order valence-corrected chi connectivity index (χ1v) is 18.4. The predicted molar refractivity (Wildman–Crippen MR) is 168 cm³/mol. The molecular formula is C32H42N4O4S2. The summed E-state index contributed by atoms with van der Waals surface area (Å²) in [4.78, 5) is 6.87. The van der Waals surface area contributed by atoms with Crippen LogP contribution in [0.4, 0.5) is 5.69 Å². The maximum absolute atomic E-state index is 13.8. The van der Waals surface area contributed by atoms with E-state index < -0.39 is 20.0 Å². The number of rotatable bonds is 8. The molecular weight excluding hydrogens is 569 g/mol. The highest BCUT2D eigenvalue weighted by Gasteiger charge is 2.41. The zero-order valence-electron chi connectivity index (χ0n) is 24.5. The van der Waals surface area contributed by atoms with E-state index in [0.29, 0.717) is 37.4 Å². The summed E-state index contributed by atoms with van der Waals surface area (Å²) in [6.45, 7) is 5.64. The van der Waals surface area contributed by atoms with E-state index in [1.165, 1.54) is 5.69 Å².